The number of rotatable bonds is 5. The summed E-state index contributed by atoms with van der Waals surface area (Å²) >= 11 is 1.83. The summed E-state index contributed by atoms with van der Waals surface area (Å²) in [6.45, 7) is 6.30. The molecule has 0 aliphatic rings. The van der Waals surface area contributed by atoms with Gasteiger partial charge in [-0.05, 0) is 30.2 Å². The first-order chi connectivity index (χ1) is 8.49. The summed E-state index contributed by atoms with van der Waals surface area (Å²) in [4.78, 5) is 11.6. The van der Waals surface area contributed by atoms with Gasteiger partial charge in [0.25, 0.3) is 0 Å². The lowest BCUT2D eigenvalue weighted by Crippen LogP contribution is -1.87. The van der Waals surface area contributed by atoms with E-state index in [0.717, 1.165) is 17.2 Å². The van der Waals surface area contributed by atoms with Gasteiger partial charge >= 0.3 is 5.97 Å². The van der Waals surface area contributed by atoms with Crippen LogP contribution in [-0.4, -0.2) is 16.3 Å². The number of benzene rings is 1. The predicted molar refractivity (Wildman–Crippen MR) is 77.9 cm³/mol. The topological polar surface area (TPSA) is 37.3 Å². The minimum Gasteiger partial charge on any atom is -0.478 e. The Hall–Kier alpha value is -1.48. The molecule has 1 aromatic rings. The molecule has 96 valence electrons. The van der Waals surface area contributed by atoms with Crippen LogP contribution in [-0.2, 0) is 4.79 Å². The van der Waals surface area contributed by atoms with Gasteiger partial charge in [-0.1, -0.05) is 38.1 Å². The number of hydrogen-bond donors (Lipinski definition) is 1. The van der Waals surface area contributed by atoms with Crippen LogP contribution < -0.4 is 0 Å². The van der Waals surface area contributed by atoms with Crippen molar-refractivity contribution in [1.82, 2.24) is 0 Å². The first kappa shape index (κ1) is 14.6. The molecule has 0 aromatic heterocycles. The Kier molecular flexibility index (Phi) is 5.72. The lowest BCUT2D eigenvalue weighted by atomic mass is 10.1. The minimum atomic E-state index is -0.928. The summed E-state index contributed by atoms with van der Waals surface area (Å²) in [7, 11) is 0. The number of aliphatic carboxylic acids is 1. The molecular weight excluding hydrogens is 244 g/mol. The van der Waals surface area contributed by atoms with E-state index in [2.05, 4.69) is 38.1 Å². The number of thioether (sulfide) groups is 1. The van der Waals surface area contributed by atoms with E-state index in [0.29, 0.717) is 5.25 Å². The SMILES string of the molecule is C/C(=C\C=C\C(=O)O)c1ccc(SC(C)C)cc1. The Morgan fingerprint density at radius 2 is 1.89 bits per heavy atom. The van der Waals surface area contributed by atoms with Crippen LogP contribution in [0.3, 0.4) is 0 Å². The van der Waals surface area contributed by atoms with Crippen LogP contribution >= 0.6 is 11.8 Å². The highest BCUT2D eigenvalue weighted by Gasteiger charge is 1.99. The van der Waals surface area contributed by atoms with Crippen LogP contribution in [0.5, 0.6) is 0 Å². The van der Waals surface area contributed by atoms with Gasteiger partial charge in [-0.15, -0.1) is 11.8 Å². The highest BCUT2D eigenvalue weighted by Crippen LogP contribution is 2.24. The fraction of sp³-hybridized carbons (Fsp3) is 0.267. The van der Waals surface area contributed by atoms with Crippen LogP contribution in [0.15, 0.2) is 47.4 Å². The van der Waals surface area contributed by atoms with Crippen molar-refractivity contribution in [1.29, 1.82) is 0 Å². The van der Waals surface area contributed by atoms with Gasteiger partial charge in [0.2, 0.25) is 0 Å². The van der Waals surface area contributed by atoms with E-state index in [9.17, 15) is 4.79 Å². The van der Waals surface area contributed by atoms with E-state index in [1.54, 1.807) is 12.2 Å². The first-order valence-corrected chi connectivity index (χ1v) is 6.72. The molecule has 0 amide bonds. The molecule has 1 rings (SSSR count). The van der Waals surface area contributed by atoms with Gasteiger partial charge < -0.3 is 5.11 Å². The van der Waals surface area contributed by atoms with Crippen LogP contribution in [0.1, 0.15) is 26.3 Å². The van der Waals surface area contributed by atoms with Crippen LogP contribution in [0.4, 0.5) is 0 Å². The van der Waals surface area contributed by atoms with E-state index in [-0.39, 0.29) is 0 Å². The standard InChI is InChI=1S/C15H18O2S/c1-11(2)18-14-9-7-13(8-10-14)12(3)5-4-6-15(16)17/h4-11H,1-3H3,(H,16,17)/b6-4+,12-5+. The molecule has 0 unspecified atom stereocenters. The van der Waals surface area contributed by atoms with Gasteiger partial charge in [0.1, 0.15) is 0 Å². The molecule has 0 saturated heterocycles. The lowest BCUT2D eigenvalue weighted by Gasteiger charge is -2.06. The molecule has 0 bridgehead atoms. The third kappa shape index (κ3) is 5.23. The van der Waals surface area contributed by atoms with Gasteiger partial charge in [0.05, 0.1) is 0 Å². The van der Waals surface area contributed by atoms with Crippen molar-refractivity contribution in [3.63, 3.8) is 0 Å². The molecule has 18 heavy (non-hydrogen) atoms. The van der Waals surface area contributed by atoms with E-state index in [4.69, 9.17) is 5.11 Å². The lowest BCUT2D eigenvalue weighted by molar-refractivity contribution is -0.131. The average molecular weight is 262 g/mol. The number of carboxylic acids is 1. The van der Waals surface area contributed by atoms with Crippen LogP contribution in [0, 0.1) is 0 Å². The van der Waals surface area contributed by atoms with Crippen molar-refractivity contribution < 1.29 is 9.90 Å². The molecule has 0 aliphatic carbocycles. The highest BCUT2D eigenvalue weighted by molar-refractivity contribution is 7.99. The summed E-state index contributed by atoms with van der Waals surface area (Å²) in [5.41, 5.74) is 2.16. The predicted octanol–water partition coefficient (Wildman–Crippen LogP) is 4.23. The van der Waals surface area contributed by atoms with Crippen molar-refractivity contribution in [2.75, 3.05) is 0 Å². The Morgan fingerprint density at radius 1 is 1.28 bits per heavy atom. The smallest absolute Gasteiger partial charge is 0.328 e. The zero-order valence-corrected chi connectivity index (χ0v) is 11.7. The Morgan fingerprint density at radius 3 is 2.39 bits per heavy atom. The normalized spacial score (nSPS) is 12.3. The highest BCUT2D eigenvalue weighted by atomic mass is 32.2. The average Bonchev–Trinajstić information content (AvgIpc) is 2.28. The maximum Gasteiger partial charge on any atom is 0.328 e. The summed E-state index contributed by atoms with van der Waals surface area (Å²) in [5, 5.41) is 9.07. The summed E-state index contributed by atoms with van der Waals surface area (Å²) in [6.07, 6.45) is 4.49. The molecule has 2 nitrogen and oxygen atoms in total. The molecule has 1 aromatic carbocycles. The van der Waals surface area contributed by atoms with Crippen molar-refractivity contribution in [2.24, 2.45) is 0 Å². The second-order valence-electron chi connectivity index (χ2n) is 4.24. The maximum atomic E-state index is 10.3. The van der Waals surface area contributed by atoms with E-state index < -0.39 is 5.97 Å². The zero-order chi connectivity index (χ0) is 13.5. The van der Waals surface area contributed by atoms with E-state index >= 15 is 0 Å². The molecule has 1 N–H and O–H groups in total. The Bertz CT molecular complexity index is 456. The number of hydrogen-bond acceptors (Lipinski definition) is 2. The molecular formula is C15H18O2S. The summed E-state index contributed by atoms with van der Waals surface area (Å²) in [5.74, 6) is -0.928. The van der Waals surface area contributed by atoms with Crippen molar-refractivity contribution >= 4 is 23.3 Å². The molecule has 0 atom stereocenters. The third-order valence-corrected chi connectivity index (χ3v) is 3.28. The van der Waals surface area contributed by atoms with Crippen molar-refractivity contribution in [3.05, 3.63) is 48.1 Å². The number of carbonyl (C=O) groups is 1. The molecule has 0 heterocycles. The quantitative estimate of drug-likeness (QED) is 0.490. The monoisotopic (exact) mass is 262 g/mol. The van der Waals surface area contributed by atoms with Crippen molar-refractivity contribution in [2.45, 2.75) is 30.9 Å². The minimum absolute atomic E-state index is 0.575. The molecule has 0 aliphatic heterocycles. The number of allylic oxidation sites excluding steroid dienone is 3. The Labute approximate surface area is 112 Å². The molecule has 3 heteroatoms. The molecule has 0 spiro atoms. The number of carboxylic acid groups (broad SMARTS) is 1. The zero-order valence-electron chi connectivity index (χ0n) is 10.9. The van der Waals surface area contributed by atoms with Gasteiger partial charge in [-0.25, -0.2) is 4.79 Å². The molecule has 0 fully saturated rings. The molecule has 0 radical (unpaired) electrons. The third-order valence-electron chi connectivity index (χ3n) is 2.27. The van der Waals surface area contributed by atoms with E-state index in [1.165, 1.54) is 4.90 Å². The summed E-state index contributed by atoms with van der Waals surface area (Å²) < 4.78 is 0. The summed E-state index contributed by atoms with van der Waals surface area (Å²) in [6, 6.07) is 8.31. The van der Waals surface area contributed by atoms with E-state index in [1.807, 2.05) is 18.7 Å². The van der Waals surface area contributed by atoms with Crippen LogP contribution in [0.25, 0.3) is 5.57 Å². The second-order valence-corrected chi connectivity index (χ2v) is 5.89. The van der Waals surface area contributed by atoms with Gasteiger partial charge in [0.15, 0.2) is 0 Å². The van der Waals surface area contributed by atoms with Crippen molar-refractivity contribution in [3.8, 4) is 0 Å². The fourth-order valence-corrected chi connectivity index (χ4v) is 2.28. The first-order valence-electron chi connectivity index (χ1n) is 5.84. The van der Waals surface area contributed by atoms with Gasteiger partial charge in [0, 0.05) is 16.2 Å². The van der Waals surface area contributed by atoms with Gasteiger partial charge in [-0.2, -0.15) is 0 Å². The van der Waals surface area contributed by atoms with Crippen LogP contribution in [0.2, 0.25) is 0 Å². The Balaban J connectivity index is 2.75. The fourth-order valence-electron chi connectivity index (χ4n) is 1.44. The maximum absolute atomic E-state index is 10.3. The largest absolute Gasteiger partial charge is 0.478 e. The second kappa shape index (κ2) is 7.07. The molecule has 0 saturated carbocycles. The van der Waals surface area contributed by atoms with Gasteiger partial charge in [-0.3, -0.25) is 0 Å².